The number of carbonyl (C=O) groups is 2. The normalized spacial score (nSPS) is 14.1. The van der Waals surface area contributed by atoms with Crippen molar-refractivity contribution in [2.75, 3.05) is 41.7 Å². The number of hydrogen-bond acceptors (Lipinski definition) is 5. The van der Waals surface area contributed by atoms with Crippen molar-refractivity contribution in [2.45, 2.75) is 13.1 Å². The molecule has 7 nitrogen and oxygen atoms in total. The second-order valence-electron chi connectivity index (χ2n) is 7.85. The fraction of sp³-hybridized carbons (Fsp3) is 0.261. The molecular weight excluding hydrogens is 503 g/mol. The molecule has 0 spiro atoms. The van der Waals surface area contributed by atoms with Gasteiger partial charge in [0.1, 0.15) is 4.88 Å². The molecule has 1 saturated heterocycles. The Balaban J connectivity index is 1.36. The van der Waals surface area contributed by atoms with Crippen molar-refractivity contribution in [1.82, 2.24) is 9.88 Å². The van der Waals surface area contributed by atoms with E-state index < -0.39 is 17.8 Å². The zero-order chi connectivity index (χ0) is 25.2. The van der Waals surface area contributed by atoms with Gasteiger partial charge >= 0.3 is 12.2 Å². The molecule has 3 amide bonds. The summed E-state index contributed by atoms with van der Waals surface area (Å²) in [5, 5.41) is 6.11. The van der Waals surface area contributed by atoms with Crippen LogP contribution in [0.2, 0.25) is 5.02 Å². The number of piperazine rings is 1. The fourth-order valence-electron chi connectivity index (χ4n) is 3.63. The third-order valence-electron chi connectivity index (χ3n) is 5.42. The zero-order valence-electron chi connectivity index (χ0n) is 18.5. The van der Waals surface area contributed by atoms with Gasteiger partial charge in [-0.1, -0.05) is 29.0 Å². The van der Waals surface area contributed by atoms with Gasteiger partial charge in [0.15, 0.2) is 5.13 Å². The number of anilines is 3. The zero-order valence-corrected chi connectivity index (χ0v) is 20.1. The van der Waals surface area contributed by atoms with E-state index >= 15 is 0 Å². The summed E-state index contributed by atoms with van der Waals surface area (Å²) in [6, 6.07) is 11.3. The molecule has 184 valence electrons. The number of nitrogens with zero attached hydrogens (tertiary/aromatic N) is 3. The van der Waals surface area contributed by atoms with Gasteiger partial charge in [-0.05, 0) is 49.4 Å². The molecule has 1 aliphatic rings. The number of aryl methyl sites for hydroxylation is 1. The molecule has 1 aromatic heterocycles. The first-order valence-corrected chi connectivity index (χ1v) is 11.8. The first kappa shape index (κ1) is 24.8. The Morgan fingerprint density at radius 1 is 1.03 bits per heavy atom. The van der Waals surface area contributed by atoms with E-state index in [0.29, 0.717) is 53.1 Å². The second kappa shape index (κ2) is 10.1. The summed E-state index contributed by atoms with van der Waals surface area (Å²) in [5.41, 5.74) is 0.810. The van der Waals surface area contributed by atoms with Gasteiger partial charge in [-0.2, -0.15) is 13.2 Å². The van der Waals surface area contributed by atoms with Gasteiger partial charge in [-0.3, -0.25) is 10.1 Å². The number of alkyl halides is 3. The van der Waals surface area contributed by atoms with Crippen LogP contribution in [-0.4, -0.2) is 48.0 Å². The first-order valence-electron chi connectivity index (χ1n) is 10.6. The lowest BCUT2D eigenvalue weighted by atomic mass is 10.1. The number of amides is 3. The van der Waals surface area contributed by atoms with Gasteiger partial charge < -0.3 is 15.1 Å². The average Bonchev–Trinajstić information content (AvgIpc) is 3.19. The molecule has 35 heavy (non-hydrogen) atoms. The molecule has 3 aromatic rings. The van der Waals surface area contributed by atoms with Crippen molar-refractivity contribution < 1.29 is 22.8 Å². The number of thiazole rings is 1. The molecule has 0 unspecified atom stereocenters. The van der Waals surface area contributed by atoms with Gasteiger partial charge in [-0.15, -0.1) is 0 Å². The smallest absolute Gasteiger partial charge is 0.368 e. The van der Waals surface area contributed by atoms with Crippen LogP contribution in [0.15, 0.2) is 48.5 Å². The van der Waals surface area contributed by atoms with Crippen molar-refractivity contribution in [2.24, 2.45) is 0 Å². The average molecular weight is 524 g/mol. The van der Waals surface area contributed by atoms with Crippen LogP contribution in [0, 0.1) is 6.92 Å². The summed E-state index contributed by atoms with van der Waals surface area (Å²) in [4.78, 5) is 33.5. The molecule has 2 N–H and O–H groups in total. The molecule has 0 atom stereocenters. The van der Waals surface area contributed by atoms with Gasteiger partial charge in [0.05, 0.1) is 11.3 Å². The number of halogens is 4. The number of rotatable bonds is 4. The molecule has 4 rings (SSSR count). The molecule has 0 saturated carbocycles. The van der Waals surface area contributed by atoms with Crippen molar-refractivity contribution in [1.29, 1.82) is 0 Å². The van der Waals surface area contributed by atoms with E-state index in [-0.39, 0.29) is 11.0 Å². The lowest BCUT2D eigenvalue weighted by Gasteiger charge is -2.36. The number of benzene rings is 2. The minimum absolute atomic E-state index is 0.227. The molecule has 0 bridgehead atoms. The quantitative estimate of drug-likeness (QED) is 0.458. The van der Waals surface area contributed by atoms with E-state index in [9.17, 15) is 22.8 Å². The maximum atomic E-state index is 13.1. The second-order valence-corrected chi connectivity index (χ2v) is 9.28. The van der Waals surface area contributed by atoms with Gasteiger partial charge in [0.2, 0.25) is 0 Å². The van der Waals surface area contributed by atoms with Crippen LogP contribution < -0.4 is 15.5 Å². The van der Waals surface area contributed by atoms with Crippen molar-refractivity contribution in [3.8, 4) is 0 Å². The maximum Gasteiger partial charge on any atom is 0.416 e. The summed E-state index contributed by atoms with van der Waals surface area (Å²) >= 11 is 6.91. The Hall–Kier alpha value is -3.31. The van der Waals surface area contributed by atoms with E-state index in [4.69, 9.17) is 11.6 Å². The highest BCUT2D eigenvalue weighted by atomic mass is 35.5. The van der Waals surface area contributed by atoms with Crippen LogP contribution in [0.3, 0.4) is 0 Å². The largest absolute Gasteiger partial charge is 0.416 e. The lowest BCUT2D eigenvalue weighted by Crippen LogP contribution is -2.48. The van der Waals surface area contributed by atoms with Gasteiger partial charge in [-0.25, -0.2) is 9.78 Å². The minimum Gasteiger partial charge on any atom is -0.368 e. The molecule has 0 radical (unpaired) electrons. The molecule has 2 heterocycles. The SMILES string of the molecule is Cc1nc(NC(=O)Nc2ccc(Cl)cc2)sc1C(=O)N1CCN(c2cccc(C(F)(F)F)c2)CC1. The van der Waals surface area contributed by atoms with Crippen molar-refractivity contribution in [3.05, 3.63) is 69.7 Å². The molecule has 12 heteroatoms. The summed E-state index contributed by atoms with van der Waals surface area (Å²) in [6.45, 7) is 3.20. The van der Waals surface area contributed by atoms with Crippen LogP contribution in [0.4, 0.5) is 34.5 Å². The number of hydrogen-bond donors (Lipinski definition) is 2. The molecule has 0 aliphatic carbocycles. The Bertz CT molecular complexity index is 1220. The highest BCUT2D eigenvalue weighted by molar-refractivity contribution is 7.17. The summed E-state index contributed by atoms with van der Waals surface area (Å²) < 4.78 is 39.1. The van der Waals surface area contributed by atoms with E-state index in [0.717, 1.165) is 23.5 Å². The monoisotopic (exact) mass is 523 g/mol. The van der Waals surface area contributed by atoms with E-state index in [1.807, 2.05) is 4.90 Å². The number of carbonyl (C=O) groups excluding carboxylic acids is 2. The van der Waals surface area contributed by atoms with Crippen LogP contribution in [0.5, 0.6) is 0 Å². The highest BCUT2D eigenvalue weighted by Gasteiger charge is 2.31. The third kappa shape index (κ3) is 6.04. The van der Waals surface area contributed by atoms with E-state index in [1.54, 1.807) is 42.2 Å². The summed E-state index contributed by atoms with van der Waals surface area (Å²) in [5.74, 6) is -0.227. The van der Waals surface area contributed by atoms with Crippen LogP contribution in [-0.2, 0) is 6.18 Å². The number of urea groups is 1. The standard InChI is InChI=1S/C23H21ClF3N5O2S/c1-14-19(35-22(28-14)30-21(34)29-17-7-5-16(24)6-8-17)20(33)32-11-9-31(10-12-32)18-4-2-3-15(13-18)23(25,26)27/h2-8,13H,9-12H2,1H3,(H2,28,29,30,34). The fourth-order valence-corrected chi connectivity index (χ4v) is 4.69. The van der Waals surface area contributed by atoms with Gasteiger partial charge in [0, 0.05) is 42.6 Å². The van der Waals surface area contributed by atoms with Crippen LogP contribution in [0.25, 0.3) is 0 Å². The third-order valence-corrected chi connectivity index (χ3v) is 6.73. The molecule has 1 fully saturated rings. The molecule has 1 aliphatic heterocycles. The number of aromatic nitrogens is 1. The van der Waals surface area contributed by atoms with Gasteiger partial charge in [0.25, 0.3) is 5.91 Å². The lowest BCUT2D eigenvalue weighted by molar-refractivity contribution is -0.137. The first-order chi connectivity index (χ1) is 16.6. The highest BCUT2D eigenvalue weighted by Crippen LogP contribution is 2.32. The predicted octanol–water partition coefficient (Wildman–Crippen LogP) is 5.73. The predicted molar refractivity (Wildman–Crippen MR) is 131 cm³/mol. The van der Waals surface area contributed by atoms with Crippen LogP contribution >= 0.6 is 22.9 Å². The molecule has 2 aromatic carbocycles. The maximum absolute atomic E-state index is 13.1. The van der Waals surface area contributed by atoms with E-state index in [1.165, 1.54) is 6.07 Å². The van der Waals surface area contributed by atoms with Crippen LogP contribution in [0.1, 0.15) is 20.9 Å². The Kier molecular flexibility index (Phi) is 7.18. The Labute approximate surface area is 208 Å². The topological polar surface area (TPSA) is 77.6 Å². The Morgan fingerprint density at radius 3 is 2.37 bits per heavy atom. The summed E-state index contributed by atoms with van der Waals surface area (Å²) in [7, 11) is 0. The van der Waals surface area contributed by atoms with Crippen molar-refractivity contribution in [3.63, 3.8) is 0 Å². The van der Waals surface area contributed by atoms with E-state index in [2.05, 4.69) is 15.6 Å². The summed E-state index contributed by atoms with van der Waals surface area (Å²) in [6.07, 6.45) is -4.41. The van der Waals surface area contributed by atoms with Crippen molar-refractivity contribution >= 4 is 51.4 Å². The molecular formula is C23H21ClF3N5O2S. The minimum atomic E-state index is -4.41. The number of nitrogens with one attached hydrogen (secondary N) is 2. The Morgan fingerprint density at radius 2 is 1.71 bits per heavy atom.